The number of rotatable bonds is 9. The van der Waals surface area contributed by atoms with Crippen LogP contribution in [0.15, 0.2) is 36.5 Å². The molecule has 4 N–H and O–H groups in total. The number of aromatic nitrogens is 1. The van der Waals surface area contributed by atoms with Crippen molar-refractivity contribution in [1.29, 1.82) is 0 Å². The number of anilines is 2. The Bertz CT molecular complexity index is 1210. The third-order valence-electron chi connectivity index (χ3n) is 8.57. The first kappa shape index (κ1) is 26.2. The minimum atomic E-state index is -0.520. The smallest absolute Gasteiger partial charge is 0.251 e. The van der Waals surface area contributed by atoms with Gasteiger partial charge < -0.3 is 21.3 Å². The van der Waals surface area contributed by atoms with E-state index in [1.807, 2.05) is 19.1 Å². The van der Waals surface area contributed by atoms with E-state index in [-0.39, 0.29) is 29.7 Å². The Morgan fingerprint density at radius 1 is 1.03 bits per heavy atom. The summed E-state index contributed by atoms with van der Waals surface area (Å²) in [6, 6.07) is 9.43. The second-order valence-corrected chi connectivity index (χ2v) is 11.7. The summed E-state index contributed by atoms with van der Waals surface area (Å²) in [5.74, 6) is 1.50. The molecular formula is C30H39N5O3. The van der Waals surface area contributed by atoms with E-state index in [0.717, 1.165) is 50.9 Å². The average molecular weight is 518 g/mol. The molecule has 1 aromatic heterocycles. The second kappa shape index (κ2) is 10.8. The summed E-state index contributed by atoms with van der Waals surface area (Å²) >= 11 is 0. The number of nitrogens with one attached hydrogen (secondary N) is 2. The van der Waals surface area contributed by atoms with Crippen LogP contribution in [-0.4, -0.2) is 47.3 Å². The van der Waals surface area contributed by atoms with Gasteiger partial charge in [0.25, 0.3) is 11.8 Å². The van der Waals surface area contributed by atoms with E-state index in [4.69, 9.17) is 5.73 Å². The van der Waals surface area contributed by atoms with E-state index in [0.29, 0.717) is 40.3 Å². The molecule has 4 atom stereocenters. The molecule has 2 amide bonds. The van der Waals surface area contributed by atoms with Crippen molar-refractivity contribution in [2.75, 3.05) is 16.8 Å². The molecule has 3 fully saturated rings. The van der Waals surface area contributed by atoms with Crippen LogP contribution in [0.1, 0.15) is 90.4 Å². The zero-order valence-electron chi connectivity index (χ0n) is 22.6. The van der Waals surface area contributed by atoms with Crippen LogP contribution in [0.2, 0.25) is 0 Å². The summed E-state index contributed by atoms with van der Waals surface area (Å²) in [4.78, 5) is 44.6. The molecule has 1 saturated heterocycles. The molecule has 0 radical (unpaired) electrons. The normalized spacial score (nSPS) is 23.6. The molecule has 3 aliphatic rings. The van der Waals surface area contributed by atoms with Gasteiger partial charge in [0.1, 0.15) is 5.82 Å². The monoisotopic (exact) mass is 517 g/mol. The number of fused-ring (bicyclic) bond motifs is 1. The fraction of sp³-hybridized carbons (Fsp3) is 0.533. The SMILES string of the molecule is CC(C)[C@H](C)Nc1cc(C(=O)NC2CC3CCCN(c4ccc(C(=O)C5CC5)cn4)C3C2)ccc1C(N)=O. The summed E-state index contributed by atoms with van der Waals surface area (Å²) < 4.78 is 0. The maximum atomic E-state index is 13.3. The number of primary amides is 1. The molecule has 38 heavy (non-hydrogen) atoms. The fourth-order valence-electron chi connectivity index (χ4n) is 5.87. The Morgan fingerprint density at radius 3 is 2.45 bits per heavy atom. The Labute approximate surface area is 224 Å². The zero-order valence-corrected chi connectivity index (χ0v) is 22.6. The highest BCUT2D eigenvalue weighted by atomic mass is 16.2. The second-order valence-electron chi connectivity index (χ2n) is 11.7. The van der Waals surface area contributed by atoms with Gasteiger partial charge in [0.05, 0.1) is 5.56 Å². The standard InChI is InChI=1S/C30H39N5O3/c1-17(2)18(3)33-25-14-21(8-10-24(25)29(31)37)30(38)34-23-13-20-5-4-12-35(26(20)15-23)27-11-9-22(16-32-27)28(36)19-6-7-19/h8-11,14,16-20,23,26,33H,4-7,12-13,15H2,1-3H3,(H2,31,37)(H,34,38)/t18-,20?,23?,26?/m0/s1. The maximum Gasteiger partial charge on any atom is 0.251 e. The van der Waals surface area contributed by atoms with Crippen LogP contribution >= 0.6 is 0 Å². The molecule has 1 aliphatic heterocycles. The third-order valence-corrected chi connectivity index (χ3v) is 8.57. The Balaban J connectivity index is 1.26. The lowest BCUT2D eigenvalue weighted by Crippen LogP contribution is -2.43. The largest absolute Gasteiger partial charge is 0.382 e. The molecule has 2 heterocycles. The van der Waals surface area contributed by atoms with Gasteiger partial charge in [-0.2, -0.15) is 0 Å². The predicted molar refractivity (Wildman–Crippen MR) is 149 cm³/mol. The molecule has 2 saturated carbocycles. The number of carbonyl (C=O) groups excluding carboxylic acids is 3. The van der Waals surface area contributed by atoms with Crippen molar-refractivity contribution in [3.8, 4) is 0 Å². The van der Waals surface area contributed by atoms with E-state index >= 15 is 0 Å². The van der Waals surface area contributed by atoms with Gasteiger partial charge in [-0.25, -0.2) is 4.98 Å². The first-order valence-electron chi connectivity index (χ1n) is 14.0. The number of hydrogen-bond donors (Lipinski definition) is 3. The van der Waals surface area contributed by atoms with Gasteiger partial charge in [0, 0.05) is 53.6 Å². The van der Waals surface area contributed by atoms with E-state index < -0.39 is 5.91 Å². The summed E-state index contributed by atoms with van der Waals surface area (Å²) in [6.07, 6.45) is 7.73. The van der Waals surface area contributed by atoms with Gasteiger partial charge in [-0.05, 0) is 87.6 Å². The number of nitrogens with zero attached hydrogens (tertiary/aromatic N) is 2. The fourth-order valence-corrected chi connectivity index (χ4v) is 5.87. The van der Waals surface area contributed by atoms with Crippen LogP contribution < -0.4 is 21.3 Å². The summed E-state index contributed by atoms with van der Waals surface area (Å²) in [7, 11) is 0. The first-order valence-corrected chi connectivity index (χ1v) is 14.0. The topological polar surface area (TPSA) is 117 Å². The summed E-state index contributed by atoms with van der Waals surface area (Å²) in [6.45, 7) is 7.17. The van der Waals surface area contributed by atoms with Crippen molar-refractivity contribution < 1.29 is 14.4 Å². The predicted octanol–water partition coefficient (Wildman–Crippen LogP) is 4.41. The van der Waals surface area contributed by atoms with Crippen LogP contribution in [0.4, 0.5) is 11.5 Å². The highest BCUT2D eigenvalue weighted by Gasteiger charge is 2.41. The Kier molecular flexibility index (Phi) is 7.41. The number of pyridine rings is 1. The van der Waals surface area contributed by atoms with Crippen molar-refractivity contribution in [3.63, 3.8) is 0 Å². The molecule has 0 spiro atoms. The number of amides is 2. The molecule has 8 heteroatoms. The van der Waals surface area contributed by atoms with Crippen molar-refractivity contribution in [1.82, 2.24) is 10.3 Å². The molecule has 5 rings (SSSR count). The van der Waals surface area contributed by atoms with E-state index in [1.54, 1.807) is 24.4 Å². The lowest BCUT2D eigenvalue weighted by Gasteiger charge is -2.38. The zero-order chi connectivity index (χ0) is 27.0. The third kappa shape index (κ3) is 5.54. The highest BCUT2D eigenvalue weighted by molar-refractivity contribution is 6.02. The van der Waals surface area contributed by atoms with Crippen molar-refractivity contribution >= 4 is 29.1 Å². The maximum absolute atomic E-state index is 13.3. The molecule has 1 aromatic carbocycles. The van der Waals surface area contributed by atoms with Gasteiger partial charge in [0.15, 0.2) is 5.78 Å². The van der Waals surface area contributed by atoms with Crippen LogP contribution in [0.25, 0.3) is 0 Å². The molecule has 202 valence electrons. The first-order chi connectivity index (χ1) is 18.2. The number of nitrogens with two attached hydrogens (primary N) is 1. The number of hydrogen-bond acceptors (Lipinski definition) is 6. The van der Waals surface area contributed by atoms with Crippen molar-refractivity contribution in [2.45, 2.75) is 77.4 Å². The van der Waals surface area contributed by atoms with Crippen LogP contribution in [-0.2, 0) is 0 Å². The van der Waals surface area contributed by atoms with Gasteiger partial charge in [-0.1, -0.05) is 13.8 Å². The van der Waals surface area contributed by atoms with E-state index in [1.165, 1.54) is 0 Å². The van der Waals surface area contributed by atoms with Gasteiger partial charge in [-0.3, -0.25) is 14.4 Å². The molecule has 2 aromatic rings. The van der Waals surface area contributed by atoms with Gasteiger partial charge >= 0.3 is 0 Å². The minimum Gasteiger partial charge on any atom is -0.382 e. The number of Topliss-reactive ketones (excluding diaryl/α,β-unsaturated/α-hetero) is 1. The summed E-state index contributed by atoms with van der Waals surface area (Å²) in [5.41, 5.74) is 7.78. The number of benzene rings is 1. The number of piperidine rings is 1. The lowest BCUT2D eigenvalue weighted by molar-refractivity contribution is 0.0933. The molecular weight excluding hydrogens is 478 g/mol. The van der Waals surface area contributed by atoms with Gasteiger partial charge in [0.2, 0.25) is 0 Å². The van der Waals surface area contributed by atoms with Crippen molar-refractivity contribution in [2.24, 2.45) is 23.5 Å². The number of carbonyl (C=O) groups is 3. The average Bonchev–Trinajstić information content (AvgIpc) is 3.67. The molecule has 3 unspecified atom stereocenters. The van der Waals surface area contributed by atoms with Crippen LogP contribution in [0.5, 0.6) is 0 Å². The van der Waals surface area contributed by atoms with Gasteiger partial charge in [-0.15, -0.1) is 0 Å². The van der Waals surface area contributed by atoms with Crippen LogP contribution in [0.3, 0.4) is 0 Å². The van der Waals surface area contributed by atoms with Crippen molar-refractivity contribution in [3.05, 3.63) is 53.2 Å². The number of ketones is 1. The van der Waals surface area contributed by atoms with E-state index in [2.05, 4.69) is 34.4 Å². The molecule has 8 nitrogen and oxygen atoms in total. The Morgan fingerprint density at radius 2 is 1.79 bits per heavy atom. The summed E-state index contributed by atoms with van der Waals surface area (Å²) in [5, 5.41) is 6.59. The highest BCUT2D eigenvalue weighted by Crippen LogP contribution is 2.39. The minimum absolute atomic E-state index is 0.0654. The quantitative estimate of drug-likeness (QED) is 0.424. The van der Waals surface area contributed by atoms with Crippen LogP contribution in [0, 0.1) is 17.8 Å². The van der Waals surface area contributed by atoms with E-state index in [9.17, 15) is 14.4 Å². The molecule has 2 aliphatic carbocycles. The lowest BCUT2D eigenvalue weighted by atomic mass is 9.92. The Hall–Kier alpha value is -3.42. The molecule has 0 bridgehead atoms.